The molecule has 1 aromatic heterocycles. The number of piperazine rings is 1. The van der Waals surface area contributed by atoms with Crippen molar-refractivity contribution in [3.63, 3.8) is 0 Å². The molecule has 5 rings (SSSR count). The van der Waals surface area contributed by atoms with Gasteiger partial charge in [0.1, 0.15) is 6.04 Å². The average Bonchev–Trinajstić information content (AvgIpc) is 3.21. The molecule has 2 aromatic carbocycles. The van der Waals surface area contributed by atoms with E-state index in [0.717, 1.165) is 53.4 Å². The predicted molar refractivity (Wildman–Crippen MR) is 136 cm³/mol. The van der Waals surface area contributed by atoms with Gasteiger partial charge in [0.05, 0.1) is 12.6 Å². The number of rotatable bonds is 7. The zero-order chi connectivity index (χ0) is 23.8. The highest BCUT2D eigenvalue weighted by atomic mass is 16.2. The van der Waals surface area contributed by atoms with E-state index < -0.39 is 6.04 Å². The number of benzene rings is 2. The molecule has 0 radical (unpaired) electrons. The molecule has 3 atom stereocenters. The van der Waals surface area contributed by atoms with Crippen LogP contribution >= 0.6 is 0 Å². The van der Waals surface area contributed by atoms with Crippen molar-refractivity contribution in [3.05, 3.63) is 70.9 Å². The van der Waals surface area contributed by atoms with E-state index in [-0.39, 0.29) is 24.4 Å². The number of amides is 2. The highest BCUT2D eigenvalue weighted by molar-refractivity contribution is 5.97. The number of aromatic nitrogens is 1. The number of hydrogen-bond acceptors (Lipinski definition) is 2. The third kappa shape index (κ3) is 3.91. The molecule has 0 spiro atoms. The summed E-state index contributed by atoms with van der Waals surface area (Å²) in [5, 5.41) is 1.15. The molecule has 1 N–H and O–H groups in total. The number of fused-ring (bicyclic) bond motifs is 4. The summed E-state index contributed by atoms with van der Waals surface area (Å²) in [7, 11) is 0. The Hall–Kier alpha value is -3.08. The standard InChI is InChI=1S/C29H35N3O2/c1-4-6-11-20(5-2)17-31-18-26(33)32-25(29(31)34)16-23-22-13-7-8-14-24(22)30-27(23)28(32)21-12-9-10-19(3)15-21/h7-10,12-15,20,25,28,30H,4-6,11,16-18H2,1-3H3/t20-,25+,28-/m1/s1. The van der Waals surface area contributed by atoms with Crippen LogP contribution in [0.25, 0.3) is 10.9 Å². The van der Waals surface area contributed by atoms with E-state index in [2.05, 4.69) is 56.1 Å². The lowest BCUT2D eigenvalue weighted by molar-refractivity contribution is -0.159. The Bertz CT molecular complexity index is 1210. The topological polar surface area (TPSA) is 56.4 Å². The molecular weight excluding hydrogens is 422 g/mol. The highest BCUT2D eigenvalue weighted by Crippen LogP contribution is 2.42. The summed E-state index contributed by atoms with van der Waals surface area (Å²) in [4.78, 5) is 34.9. The molecule has 3 aromatic rings. The third-order valence-corrected chi connectivity index (χ3v) is 7.72. The van der Waals surface area contributed by atoms with Gasteiger partial charge in [0, 0.05) is 29.6 Å². The summed E-state index contributed by atoms with van der Waals surface area (Å²) in [6.45, 7) is 7.32. The van der Waals surface area contributed by atoms with Crippen molar-refractivity contribution >= 4 is 22.7 Å². The van der Waals surface area contributed by atoms with Gasteiger partial charge in [-0.15, -0.1) is 0 Å². The minimum Gasteiger partial charge on any atom is -0.356 e. The van der Waals surface area contributed by atoms with E-state index in [4.69, 9.17) is 0 Å². The molecule has 178 valence electrons. The molecule has 0 bridgehead atoms. The first kappa shape index (κ1) is 22.7. The number of H-pyrrole nitrogens is 1. The Kier molecular flexibility index (Phi) is 6.20. The van der Waals surface area contributed by atoms with Gasteiger partial charge in [0.2, 0.25) is 11.8 Å². The Labute approximate surface area is 202 Å². The fourth-order valence-electron chi connectivity index (χ4n) is 5.89. The van der Waals surface area contributed by atoms with E-state index in [0.29, 0.717) is 18.9 Å². The number of nitrogens with one attached hydrogen (secondary N) is 1. The summed E-state index contributed by atoms with van der Waals surface area (Å²) >= 11 is 0. The second-order valence-corrected chi connectivity index (χ2v) is 10.0. The van der Waals surface area contributed by atoms with Crippen LogP contribution in [0.3, 0.4) is 0 Å². The number of carbonyl (C=O) groups excluding carboxylic acids is 2. The number of aryl methyl sites for hydroxylation is 1. The summed E-state index contributed by atoms with van der Waals surface area (Å²) in [6.07, 6.45) is 5.02. The van der Waals surface area contributed by atoms with Crippen LogP contribution in [0.5, 0.6) is 0 Å². The molecule has 1 saturated heterocycles. The van der Waals surface area contributed by atoms with Crippen molar-refractivity contribution in [2.24, 2.45) is 5.92 Å². The number of para-hydroxylation sites is 1. The Morgan fingerprint density at radius 1 is 1.09 bits per heavy atom. The van der Waals surface area contributed by atoms with Crippen molar-refractivity contribution in [1.29, 1.82) is 0 Å². The number of unbranched alkanes of at least 4 members (excludes halogenated alkanes) is 1. The van der Waals surface area contributed by atoms with Gasteiger partial charge in [0.25, 0.3) is 0 Å². The van der Waals surface area contributed by atoms with Gasteiger partial charge in [-0.1, -0.05) is 81.1 Å². The van der Waals surface area contributed by atoms with Gasteiger partial charge in [-0.25, -0.2) is 0 Å². The Balaban J connectivity index is 1.56. The van der Waals surface area contributed by atoms with Crippen molar-refractivity contribution in [2.45, 2.75) is 65.0 Å². The SMILES string of the molecule is CCCC[C@@H](CC)CN1CC(=O)N2[C@H](c3cccc(C)c3)c3[nH]c4ccccc4c3C[C@H]2C1=O. The lowest BCUT2D eigenvalue weighted by Crippen LogP contribution is -2.63. The third-order valence-electron chi connectivity index (χ3n) is 7.72. The van der Waals surface area contributed by atoms with Gasteiger partial charge in [0.15, 0.2) is 0 Å². The minimum absolute atomic E-state index is 0.0470. The van der Waals surface area contributed by atoms with Crippen LogP contribution < -0.4 is 0 Å². The lowest BCUT2D eigenvalue weighted by Gasteiger charge is -2.47. The van der Waals surface area contributed by atoms with Crippen molar-refractivity contribution < 1.29 is 9.59 Å². The van der Waals surface area contributed by atoms with E-state index in [1.807, 2.05) is 28.0 Å². The first-order chi connectivity index (χ1) is 16.5. The maximum absolute atomic E-state index is 13.9. The summed E-state index contributed by atoms with van der Waals surface area (Å²) in [6, 6.07) is 15.9. The molecule has 2 amide bonds. The van der Waals surface area contributed by atoms with E-state index in [1.165, 1.54) is 5.56 Å². The van der Waals surface area contributed by atoms with Crippen molar-refractivity contribution in [3.8, 4) is 0 Å². The van der Waals surface area contributed by atoms with Crippen LogP contribution in [0.4, 0.5) is 0 Å². The molecular formula is C29H35N3O2. The zero-order valence-electron chi connectivity index (χ0n) is 20.5. The van der Waals surface area contributed by atoms with E-state index in [9.17, 15) is 9.59 Å². The smallest absolute Gasteiger partial charge is 0.246 e. The molecule has 2 aliphatic heterocycles. The van der Waals surface area contributed by atoms with Crippen molar-refractivity contribution in [1.82, 2.24) is 14.8 Å². The molecule has 2 aliphatic rings. The molecule has 1 fully saturated rings. The first-order valence-electron chi connectivity index (χ1n) is 12.8. The predicted octanol–water partition coefficient (Wildman–Crippen LogP) is 5.38. The van der Waals surface area contributed by atoms with Gasteiger partial charge in [-0.3, -0.25) is 9.59 Å². The number of hydrogen-bond donors (Lipinski definition) is 1. The van der Waals surface area contributed by atoms with Crippen LogP contribution in [0, 0.1) is 12.8 Å². The van der Waals surface area contributed by atoms with Crippen molar-refractivity contribution in [2.75, 3.05) is 13.1 Å². The zero-order valence-corrected chi connectivity index (χ0v) is 20.5. The lowest BCUT2D eigenvalue weighted by atomic mass is 9.85. The molecule has 0 saturated carbocycles. The van der Waals surface area contributed by atoms with E-state index >= 15 is 0 Å². The molecule has 3 heterocycles. The molecule has 5 nitrogen and oxygen atoms in total. The van der Waals surface area contributed by atoms with Gasteiger partial charge < -0.3 is 14.8 Å². The monoisotopic (exact) mass is 457 g/mol. The quantitative estimate of drug-likeness (QED) is 0.518. The first-order valence-corrected chi connectivity index (χ1v) is 12.8. The molecule has 5 heteroatoms. The van der Waals surface area contributed by atoms with Crippen LogP contribution in [-0.2, 0) is 16.0 Å². The summed E-state index contributed by atoms with van der Waals surface area (Å²) < 4.78 is 0. The second-order valence-electron chi connectivity index (χ2n) is 10.0. The Morgan fingerprint density at radius 3 is 2.68 bits per heavy atom. The van der Waals surface area contributed by atoms with Crippen LogP contribution in [0.2, 0.25) is 0 Å². The summed E-state index contributed by atoms with van der Waals surface area (Å²) in [5.41, 5.74) is 5.49. The maximum atomic E-state index is 13.9. The van der Waals surface area contributed by atoms with Crippen LogP contribution in [0.15, 0.2) is 48.5 Å². The fraction of sp³-hybridized carbons (Fsp3) is 0.448. The largest absolute Gasteiger partial charge is 0.356 e. The highest BCUT2D eigenvalue weighted by Gasteiger charge is 2.48. The van der Waals surface area contributed by atoms with E-state index in [1.54, 1.807) is 0 Å². The molecule has 0 aliphatic carbocycles. The summed E-state index contributed by atoms with van der Waals surface area (Å²) in [5.74, 6) is 0.594. The minimum atomic E-state index is -0.456. The number of aromatic amines is 1. The Morgan fingerprint density at radius 2 is 1.91 bits per heavy atom. The number of nitrogens with zero attached hydrogens (tertiary/aromatic N) is 2. The fourth-order valence-corrected chi connectivity index (χ4v) is 5.89. The second kappa shape index (κ2) is 9.28. The van der Waals surface area contributed by atoms with Crippen LogP contribution in [0.1, 0.15) is 68.0 Å². The van der Waals surface area contributed by atoms with Gasteiger partial charge in [-0.05, 0) is 36.5 Å². The van der Waals surface area contributed by atoms with Crippen LogP contribution in [-0.4, -0.2) is 45.7 Å². The van der Waals surface area contributed by atoms with Gasteiger partial charge >= 0.3 is 0 Å². The normalized spacial score (nSPS) is 21.0. The van der Waals surface area contributed by atoms with Gasteiger partial charge in [-0.2, -0.15) is 0 Å². The molecule has 0 unspecified atom stereocenters. The number of carbonyl (C=O) groups is 2. The molecule has 34 heavy (non-hydrogen) atoms. The average molecular weight is 458 g/mol. The maximum Gasteiger partial charge on any atom is 0.246 e.